The van der Waals surface area contributed by atoms with Gasteiger partial charge in [0.1, 0.15) is 6.54 Å². The first-order valence-electron chi connectivity index (χ1n) is 11.7. The van der Waals surface area contributed by atoms with Gasteiger partial charge in [0.15, 0.2) is 11.6 Å². The van der Waals surface area contributed by atoms with Gasteiger partial charge in [0.25, 0.3) is 11.8 Å². The van der Waals surface area contributed by atoms with Crippen LogP contribution in [0.5, 0.6) is 0 Å². The zero-order valence-corrected chi connectivity index (χ0v) is 21.0. The predicted molar refractivity (Wildman–Crippen MR) is 127 cm³/mol. The molecule has 1 aliphatic heterocycles. The molecule has 0 unspecified atom stereocenters. The van der Waals surface area contributed by atoms with Crippen LogP contribution in [0.15, 0.2) is 12.2 Å². The van der Waals surface area contributed by atoms with E-state index in [0.29, 0.717) is 6.54 Å². The molecule has 0 aromatic heterocycles. The lowest BCUT2D eigenvalue weighted by Crippen LogP contribution is -2.46. The summed E-state index contributed by atoms with van der Waals surface area (Å²) in [5.74, 6) is -3.74. The van der Waals surface area contributed by atoms with Gasteiger partial charge in [-0.3, -0.25) is 38.5 Å². The minimum absolute atomic E-state index is 0.0183. The highest BCUT2D eigenvalue weighted by atomic mass is 16.2. The molecule has 1 heterocycles. The second-order valence-corrected chi connectivity index (χ2v) is 9.41. The second kappa shape index (κ2) is 14.1. The fraction of sp³-hybridized carbons (Fsp3) is 0.625. The number of carbonyl (C=O) groups is 7. The number of nitrogens with zero attached hydrogens (tertiary/aromatic N) is 1. The third kappa shape index (κ3) is 10.6. The Balaban J connectivity index is 2.43. The summed E-state index contributed by atoms with van der Waals surface area (Å²) in [6.07, 6.45) is 1.74. The van der Waals surface area contributed by atoms with Crippen molar-refractivity contribution in [1.82, 2.24) is 20.9 Å². The van der Waals surface area contributed by atoms with Crippen LogP contribution >= 0.6 is 0 Å². The molecule has 0 spiro atoms. The van der Waals surface area contributed by atoms with Crippen molar-refractivity contribution in [1.29, 1.82) is 0 Å². The van der Waals surface area contributed by atoms with E-state index in [-0.39, 0.29) is 49.3 Å². The van der Waals surface area contributed by atoms with E-state index in [1.54, 1.807) is 20.8 Å². The Morgan fingerprint density at radius 3 is 2.00 bits per heavy atom. The molecule has 0 aromatic rings. The first-order chi connectivity index (χ1) is 16.3. The van der Waals surface area contributed by atoms with Crippen LogP contribution in [0.4, 0.5) is 0 Å². The molecular weight excluding hydrogens is 456 g/mol. The standard InChI is InChI=1S/C24H36N4O7/c1-14(2)11-26-24(35)16(5)10-18(30)23(15(3)4)27-19(31)7-6-17(29)12-25-20(32)13-28-21(33)8-9-22(28)34/h8-9,14-16,23H,6-7,10-13H2,1-5H3,(H,25,32)(H,26,35)(H,27,31)/t16-,23+/m1/s1. The Labute approximate surface area is 205 Å². The number of amides is 5. The Morgan fingerprint density at radius 2 is 1.46 bits per heavy atom. The summed E-state index contributed by atoms with van der Waals surface area (Å²) in [4.78, 5) is 84.7. The zero-order valence-electron chi connectivity index (χ0n) is 21.0. The van der Waals surface area contributed by atoms with E-state index in [1.807, 2.05) is 13.8 Å². The van der Waals surface area contributed by atoms with Gasteiger partial charge in [0.05, 0.1) is 12.6 Å². The van der Waals surface area contributed by atoms with E-state index in [4.69, 9.17) is 0 Å². The number of hydrogen-bond donors (Lipinski definition) is 3. The van der Waals surface area contributed by atoms with Crippen molar-refractivity contribution in [3.63, 3.8) is 0 Å². The summed E-state index contributed by atoms with van der Waals surface area (Å²) in [7, 11) is 0. The van der Waals surface area contributed by atoms with Crippen molar-refractivity contribution in [2.45, 2.75) is 59.9 Å². The van der Waals surface area contributed by atoms with E-state index >= 15 is 0 Å². The Kier molecular flexibility index (Phi) is 12.0. The van der Waals surface area contributed by atoms with Crippen LogP contribution in [0.2, 0.25) is 0 Å². The van der Waals surface area contributed by atoms with Gasteiger partial charge in [-0.15, -0.1) is 0 Å². The van der Waals surface area contributed by atoms with E-state index in [0.717, 1.165) is 17.1 Å². The van der Waals surface area contributed by atoms with Crippen molar-refractivity contribution < 1.29 is 33.6 Å². The first-order valence-corrected chi connectivity index (χ1v) is 11.7. The second-order valence-electron chi connectivity index (χ2n) is 9.41. The van der Waals surface area contributed by atoms with E-state index < -0.39 is 47.9 Å². The molecule has 11 heteroatoms. The quantitative estimate of drug-likeness (QED) is 0.269. The van der Waals surface area contributed by atoms with Gasteiger partial charge >= 0.3 is 0 Å². The lowest BCUT2D eigenvalue weighted by molar-refractivity contribution is -0.141. The highest BCUT2D eigenvalue weighted by molar-refractivity contribution is 6.14. The van der Waals surface area contributed by atoms with Gasteiger partial charge in [0.2, 0.25) is 17.7 Å². The highest BCUT2D eigenvalue weighted by Gasteiger charge is 2.28. The third-order valence-corrected chi connectivity index (χ3v) is 5.29. The van der Waals surface area contributed by atoms with Crippen LogP contribution in [-0.2, 0) is 33.6 Å². The first kappa shape index (κ1) is 29.7. The number of carbonyl (C=O) groups excluding carboxylic acids is 7. The van der Waals surface area contributed by atoms with Crippen LogP contribution in [0, 0.1) is 17.8 Å². The molecule has 0 radical (unpaired) electrons. The molecule has 1 aliphatic rings. The molecule has 0 fully saturated rings. The molecule has 0 saturated heterocycles. The number of ketones is 2. The van der Waals surface area contributed by atoms with Crippen LogP contribution in [0.3, 0.4) is 0 Å². The SMILES string of the molecule is CC(C)CNC(=O)[C@H](C)CC(=O)[C@@H](NC(=O)CCC(=O)CNC(=O)CN1C(=O)C=CC1=O)C(C)C. The van der Waals surface area contributed by atoms with Gasteiger partial charge in [-0.2, -0.15) is 0 Å². The van der Waals surface area contributed by atoms with Crippen LogP contribution in [0.1, 0.15) is 53.9 Å². The molecule has 0 aromatic carbocycles. The summed E-state index contributed by atoms with van der Waals surface area (Å²) in [5, 5.41) is 7.74. The molecular formula is C24H36N4O7. The Morgan fingerprint density at radius 1 is 0.857 bits per heavy atom. The van der Waals surface area contributed by atoms with Crippen LogP contribution in [-0.4, -0.2) is 71.7 Å². The van der Waals surface area contributed by atoms with Crippen LogP contribution in [0.25, 0.3) is 0 Å². The average Bonchev–Trinajstić information content (AvgIpc) is 3.09. The maximum atomic E-state index is 12.7. The van der Waals surface area contributed by atoms with Crippen molar-refractivity contribution in [3.8, 4) is 0 Å². The number of nitrogens with one attached hydrogen (secondary N) is 3. The minimum atomic E-state index is -0.790. The summed E-state index contributed by atoms with van der Waals surface area (Å²) in [6, 6.07) is -0.790. The lowest BCUT2D eigenvalue weighted by Gasteiger charge is -2.23. The largest absolute Gasteiger partial charge is 0.356 e. The van der Waals surface area contributed by atoms with Gasteiger partial charge in [-0.1, -0.05) is 34.6 Å². The van der Waals surface area contributed by atoms with Crippen LogP contribution < -0.4 is 16.0 Å². The summed E-state index contributed by atoms with van der Waals surface area (Å²) in [5.41, 5.74) is 0. The normalized spacial score (nSPS) is 14.8. The van der Waals surface area contributed by atoms with Crippen molar-refractivity contribution in [3.05, 3.63) is 12.2 Å². The fourth-order valence-corrected chi connectivity index (χ4v) is 3.19. The topological polar surface area (TPSA) is 159 Å². The Hall–Kier alpha value is -3.37. The monoisotopic (exact) mass is 492 g/mol. The van der Waals surface area contributed by atoms with E-state index in [9.17, 15) is 33.6 Å². The highest BCUT2D eigenvalue weighted by Crippen LogP contribution is 2.12. The molecule has 194 valence electrons. The number of rotatable bonds is 15. The summed E-state index contributed by atoms with van der Waals surface area (Å²) >= 11 is 0. The maximum absolute atomic E-state index is 12.7. The molecule has 3 N–H and O–H groups in total. The number of Topliss-reactive ketones (excluding diaryl/α,β-unsaturated/α-hetero) is 2. The van der Waals surface area contributed by atoms with Crippen molar-refractivity contribution >= 4 is 41.1 Å². The summed E-state index contributed by atoms with van der Waals surface area (Å²) in [6.45, 7) is 8.81. The smallest absolute Gasteiger partial charge is 0.254 e. The van der Waals surface area contributed by atoms with Crippen molar-refractivity contribution in [2.75, 3.05) is 19.6 Å². The number of hydrogen-bond acceptors (Lipinski definition) is 7. The minimum Gasteiger partial charge on any atom is -0.356 e. The molecule has 11 nitrogen and oxygen atoms in total. The summed E-state index contributed by atoms with van der Waals surface area (Å²) < 4.78 is 0. The Bertz CT molecular complexity index is 861. The van der Waals surface area contributed by atoms with E-state index in [1.165, 1.54) is 0 Å². The molecule has 5 amide bonds. The molecule has 0 aliphatic carbocycles. The third-order valence-electron chi connectivity index (χ3n) is 5.29. The molecule has 35 heavy (non-hydrogen) atoms. The van der Waals surface area contributed by atoms with Gasteiger partial charge in [-0.05, 0) is 11.8 Å². The lowest BCUT2D eigenvalue weighted by atomic mass is 9.92. The van der Waals surface area contributed by atoms with E-state index in [2.05, 4.69) is 16.0 Å². The predicted octanol–water partition coefficient (Wildman–Crippen LogP) is -0.115. The molecule has 1 rings (SSSR count). The maximum Gasteiger partial charge on any atom is 0.254 e. The van der Waals surface area contributed by atoms with Gasteiger partial charge in [0, 0.05) is 43.9 Å². The average molecular weight is 493 g/mol. The molecule has 2 atom stereocenters. The molecule has 0 bridgehead atoms. The van der Waals surface area contributed by atoms with Gasteiger partial charge < -0.3 is 16.0 Å². The van der Waals surface area contributed by atoms with Gasteiger partial charge in [-0.25, -0.2) is 0 Å². The zero-order chi connectivity index (χ0) is 26.7. The van der Waals surface area contributed by atoms with Crippen molar-refractivity contribution in [2.24, 2.45) is 17.8 Å². The molecule has 0 saturated carbocycles. The fourth-order valence-electron chi connectivity index (χ4n) is 3.19. The number of imide groups is 1.